The van der Waals surface area contributed by atoms with Crippen LogP contribution in [0.15, 0.2) is 0 Å². The first-order valence-electron chi connectivity index (χ1n) is 8.11. The van der Waals surface area contributed by atoms with E-state index in [4.69, 9.17) is 10.5 Å². The van der Waals surface area contributed by atoms with E-state index < -0.39 is 0 Å². The fourth-order valence-corrected chi connectivity index (χ4v) is 2.92. The second-order valence-electron chi connectivity index (χ2n) is 6.45. The van der Waals surface area contributed by atoms with Crippen LogP contribution in [0, 0.1) is 5.92 Å². The average Bonchev–Trinajstić information content (AvgIpc) is 2.44. The van der Waals surface area contributed by atoms with E-state index in [1.807, 2.05) is 0 Å². The summed E-state index contributed by atoms with van der Waals surface area (Å²) in [5, 5.41) is 0. The predicted molar refractivity (Wildman–Crippen MR) is 82.4 cm³/mol. The van der Waals surface area contributed by atoms with Crippen LogP contribution in [0.25, 0.3) is 0 Å². The Balaban J connectivity index is 2.36. The molecule has 1 fully saturated rings. The van der Waals surface area contributed by atoms with E-state index in [0.29, 0.717) is 0 Å². The van der Waals surface area contributed by atoms with E-state index >= 15 is 0 Å². The van der Waals surface area contributed by atoms with Crippen LogP contribution in [-0.2, 0) is 4.74 Å². The molecular weight excluding hydrogens is 236 g/mol. The van der Waals surface area contributed by atoms with Crippen molar-refractivity contribution >= 4 is 0 Å². The predicted octanol–water partition coefficient (Wildman–Crippen LogP) is 3.03. The van der Waals surface area contributed by atoms with Crippen molar-refractivity contribution < 1.29 is 4.74 Å². The normalized spacial score (nSPS) is 20.7. The molecule has 0 amide bonds. The van der Waals surface area contributed by atoms with Gasteiger partial charge in [0.1, 0.15) is 0 Å². The summed E-state index contributed by atoms with van der Waals surface area (Å²) in [4.78, 5) is 2.51. The lowest BCUT2D eigenvalue weighted by Crippen LogP contribution is -2.51. The Morgan fingerprint density at radius 3 is 2.47 bits per heavy atom. The SMILES string of the molecule is CCCCCCC(C)(CN)N(C)CC1CCOCC1. The highest BCUT2D eigenvalue weighted by Gasteiger charge is 2.29. The minimum atomic E-state index is 0.173. The first-order chi connectivity index (χ1) is 9.12. The van der Waals surface area contributed by atoms with Gasteiger partial charge < -0.3 is 10.5 Å². The summed E-state index contributed by atoms with van der Waals surface area (Å²) in [6.45, 7) is 8.41. The second kappa shape index (κ2) is 8.93. The maximum Gasteiger partial charge on any atom is 0.0469 e. The van der Waals surface area contributed by atoms with Crippen LogP contribution in [0.5, 0.6) is 0 Å². The highest BCUT2D eigenvalue weighted by molar-refractivity contribution is 4.87. The van der Waals surface area contributed by atoms with E-state index in [-0.39, 0.29) is 5.54 Å². The number of nitrogens with two attached hydrogens (primary N) is 1. The highest BCUT2D eigenvalue weighted by Crippen LogP contribution is 2.24. The average molecular weight is 270 g/mol. The summed E-state index contributed by atoms with van der Waals surface area (Å²) in [7, 11) is 2.25. The molecule has 3 heteroatoms. The van der Waals surface area contributed by atoms with Gasteiger partial charge in [-0.2, -0.15) is 0 Å². The lowest BCUT2D eigenvalue weighted by Gasteiger charge is -2.41. The van der Waals surface area contributed by atoms with Crippen molar-refractivity contribution in [1.29, 1.82) is 0 Å². The minimum Gasteiger partial charge on any atom is -0.381 e. The monoisotopic (exact) mass is 270 g/mol. The number of nitrogens with zero attached hydrogens (tertiary/aromatic N) is 1. The van der Waals surface area contributed by atoms with Gasteiger partial charge in [-0.05, 0) is 39.2 Å². The molecule has 114 valence electrons. The zero-order valence-corrected chi connectivity index (χ0v) is 13.3. The van der Waals surface area contributed by atoms with Crippen molar-refractivity contribution in [2.45, 2.75) is 64.3 Å². The fourth-order valence-electron chi connectivity index (χ4n) is 2.92. The number of rotatable bonds is 9. The molecule has 3 nitrogen and oxygen atoms in total. The van der Waals surface area contributed by atoms with Crippen LogP contribution in [0.2, 0.25) is 0 Å². The molecule has 0 bridgehead atoms. The maximum atomic E-state index is 6.06. The van der Waals surface area contributed by atoms with Gasteiger partial charge in [-0.1, -0.05) is 32.6 Å². The Morgan fingerprint density at radius 2 is 1.89 bits per heavy atom. The Hall–Kier alpha value is -0.120. The summed E-state index contributed by atoms with van der Waals surface area (Å²) in [6, 6.07) is 0. The van der Waals surface area contributed by atoms with Crippen LogP contribution in [0.3, 0.4) is 0 Å². The Labute approximate surface area is 119 Å². The van der Waals surface area contributed by atoms with Gasteiger partial charge in [-0.15, -0.1) is 0 Å². The second-order valence-corrected chi connectivity index (χ2v) is 6.45. The first kappa shape index (κ1) is 16.9. The fraction of sp³-hybridized carbons (Fsp3) is 1.00. The maximum absolute atomic E-state index is 6.06. The number of hydrogen-bond acceptors (Lipinski definition) is 3. The van der Waals surface area contributed by atoms with Crippen molar-refractivity contribution in [2.24, 2.45) is 11.7 Å². The number of hydrogen-bond donors (Lipinski definition) is 1. The molecule has 0 aliphatic carbocycles. The molecule has 19 heavy (non-hydrogen) atoms. The van der Waals surface area contributed by atoms with Gasteiger partial charge >= 0.3 is 0 Å². The Bertz CT molecular complexity index is 229. The van der Waals surface area contributed by atoms with Gasteiger partial charge in [-0.25, -0.2) is 0 Å². The van der Waals surface area contributed by atoms with Crippen molar-refractivity contribution in [3.05, 3.63) is 0 Å². The van der Waals surface area contributed by atoms with Crippen LogP contribution in [0.4, 0.5) is 0 Å². The topological polar surface area (TPSA) is 38.5 Å². The lowest BCUT2D eigenvalue weighted by molar-refractivity contribution is 0.0355. The molecule has 1 aliphatic rings. The van der Waals surface area contributed by atoms with Crippen molar-refractivity contribution in [2.75, 3.05) is 33.4 Å². The largest absolute Gasteiger partial charge is 0.381 e. The Morgan fingerprint density at radius 1 is 1.21 bits per heavy atom. The molecule has 1 atom stereocenters. The molecule has 0 radical (unpaired) electrons. The van der Waals surface area contributed by atoms with E-state index in [1.165, 1.54) is 51.5 Å². The standard InChI is InChI=1S/C16H34N2O/c1-4-5-6-7-10-16(2,14-17)18(3)13-15-8-11-19-12-9-15/h15H,4-14,17H2,1-3H3. The molecule has 0 spiro atoms. The smallest absolute Gasteiger partial charge is 0.0469 e. The van der Waals surface area contributed by atoms with Crippen LogP contribution < -0.4 is 5.73 Å². The number of unbranched alkanes of at least 4 members (excludes halogenated alkanes) is 3. The molecule has 1 heterocycles. The van der Waals surface area contributed by atoms with E-state index in [2.05, 4.69) is 25.8 Å². The van der Waals surface area contributed by atoms with Gasteiger partial charge in [-0.3, -0.25) is 4.90 Å². The van der Waals surface area contributed by atoms with E-state index in [9.17, 15) is 0 Å². The summed E-state index contributed by atoms with van der Waals surface area (Å²) in [5.74, 6) is 0.792. The zero-order chi connectivity index (χ0) is 14.1. The Kier molecular flexibility index (Phi) is 7.96. The van der Waals surface area contributed by atoms with Gasteiger partial charge in [0.05, 0.1) is 0 Å². The molecule has 0 aromatic heterocycles. The lowest BCUT2D eigenvalue weighted by atomic mass is 9.90. The van der Waals surface area contributed by atoms with E-state index in [0.717, 1.165) is 25.7 Å². The molecular formula is C16H34N2O. The molecule has 2 N–H and O–H groups in total. The number of ether oxygens (including phenoxy) is 1. The van der Waals surface area contributed by atoms with Gasteiger partial charge in [0, 0.05) is 31.8 Å². The molecule has 1 saturated heterocycles. The van der Waals surface area contributed by atoms with Gasteiger partial charge in [0.25, 0.3) is 0 Å². The van der Waals surface area contributed by atoms with Crippen LogP contribution in [0.1, 0.15) is 58.8 Å². The molecule has 1 rings (SSSR count). The first-order valence-corrected chi connectivity index (χ1v) is 8.11. The molecule has 0 saturated carbocycles. The molecule has 0 aromatic carbocycles. The summed E-state index contributed by atoms with van der Waals surface area (Å²) in [5.41, 5.74) is 6.23. The summed E-state index contributed by atoms with van der Waals surface area (Å²) in [6.07, 6.45) is 8.95. The third kappa shape index (κ3) is 5.80. The minimum absolute atomic E-state index is 0.173. The molecule has 0 aromatic rings. The van der Waals surface area contributed by atoms with Crippen molar-refractivity contribution in [3.63, 3.8) is 0 Å². The van der Waals surface area contributed by atoms with Gasteiger partial charge in [0.15, 0.2) is 0 Å². The molecule has 1 aliphatic heterocycles. The third-order valence-electron chi connectivity index (χ3n) is 4.80. The zero-order valence-electron chi connectivity index (χ0n) is 13.3. The summed E-state index contributed by atoms with van der Waals surface area (Å²) < 4.78 is 5.44. The quantitative estimate of drug-likeness (QED) is 0.655. The van der Waals surface area contributed by atoms with Crippen LogP contribution >= 0.6 is 0 Å². The third-order valence-corrected chi connectivity index (χ3v) is 4.80. The van der Waals surface area contributed by atoms with E-state index in [1.54, 1.807) is 0 Å². The number of likely N-dealkylation sites (N-methyl/N-ethyl adjacent to an activating group) is 1. The van der Waals surface area contributed by atoms with Crippen molar-refractivity contribution in [1.82, 2.24) is 4.90 Å². The van der Waals surface area contributed by atoms with Crippen LogP contribution in [-0.4, -0.2) is 43.8 Å². The molecule has 1 unspecified atom stereocenters. The summed E-state index contributed by atoms with van der Waals surface area (Å²) >= 11 is 0. The highest BCUT2D eigenvalue weighted by atomic mass is 16.5. The van der Waals surface area contributed by atoms with Gasteiger partial charge in [0.2, 0.25) is 0 Å². The van der Waals surface area contributed by atoms with Crippen molar-refractivity contribution in [3.8, 4) is 0 Å².